The number of rotatable bonds is 7. The zero-order valence-electron chi connectivity index (χ0n) is 14.9. The van der Waals surface area contributed by atoms with Gasteiger partial charge < -0.3 is 14.8 Å². The van der Waals surface area contributed by atoms with Gasteiger partial charge in [0.15, 0.2) is 21.3 Å². The Bertz CT molecular complexity index is 914. The first-order chi connectivity index (χ1) is 12.6. The lowest BCUT2D eigenvalue weighted by atomic mass is 10.1. The molecule has 1 N–H and O–H groups in total. The molecule has 1 amide bonds. The predicted molar refractivity (Wildman–Crippen MR) is 95.1 cm³/mol. The van der Waals surface area contributed by atoms with Gasteiger partial charge in [0.25, 0.3) is 5.91 Å². The highest BCUT2D eigenvalue weighted by Gasteiger charge is 2.17. The number of amides is 1. The summed E-state index contributed by atoms with van der Waals surface area (Å²) in [7, 11) is -2.01. The maximum absolute atomic E-state index is 12.5. The second kappa shape index (κ2) is 8.34. The monoisotopic (exact) mass is 399 g/mol. The van der Waals surface area contributed by atoms with E-state index in [1.54, 1.807) is 19.1 Å². The van der Waals surface area contributed by atoms with E-state index in [1.165, 1.54) is 37.4 Å². The van der Waals surface area contributed by atoms with Gasteiger partial charge >= 0.3 is 6.61 Å². The Balaban J connectivity index is 2.16. The smallest absolute Gasteiger partial charge is 0.387 e. The fourth-order valence-corrected chi connectivity index (χ4v) is 3.00. The number of methoxy groups -OCH3 is 1. The van der Waals surface area contributed by atoms with Crippen LogP contribution < -0.4 is 14.8 Å². The lowest BCUT2D eigenvalue weighted by Crippen LogP contribution is -2.26. The third-order valence-electron chi connectivity index (χ3n) is 3.80. The van der Waals surface area contributed by atoms with Crippen molar-refractivity contribution >= 4 is 15.7 Å². The number of ether oxygens (including phenoxy) is 2. The summed E-state index contributed by atoms with van der Waals surface area (Å²) in [5, 5.41) is 2.72. The van der Waals surface area contributed by atoms with Gasteiger partial charge in [-0.25, -0.2) is 8.42 Å². The minimum Gasteiger partial charge on any atom is -0.493 e. The molecule has 2 rings (SSSR count). The molecule has 0 saturated heterocycles. The van der Waals surface area contributed by atoms with Crippen molar-refractivity contribution in [1.82, 2.24) is 5.32 Å². The van der Waals surface area contributed by atoms with Crippen LogP contribution in [0.1, 0.15) is 28.9 Å². The van der Waals surface area contributed by atoms with E-state index in [0.29, 0.717) is 5.56 Å². The van der Waals surface area contributed by atoms with Crippen LogP contribution in [0, 0.1) is 0 Å². The minimum atomic E-state index is -3.31. The molecule has 0 aliphatic carbocycles. The summed E-state index contributed by atoms with van der Waals surface area (Å²) < 4.78 is 57.3. The van der Waals surface area contributed by atoms with Crippen LogP contribution in [-0.4, -0.2) is 34.3 Å². The summed E-state index contributed by atoms with van der Waals surface area (Å²) in [5.41, 5.74) is 0.805. The average Bonchev–Trinajstić information content (AvgIpc) is 2.60. The lowest BCUT2D eigenvalue weighted by Gasteiger charge is -2.16. The first-order valence-electron chi connectivity index (χ1n) is 7.85. The van der Waals surface area contributed by atoms with Gasteiger partial charge in [-0.05, 0) is 42.8 Å². The Kier molecular flexibility index (Phi) is 6.37. The number of sulfone groups is 1. The number of benzene rings is 2. The Morgan fingerprint density at radius 3 is 2.22 bits per heavy atom. The number of halogens is 2. The van der Waals surface area contributed by atoms with Gasteiger partial charge in [-0.15, -0.1) is 0 Å². The molecule has 0 saturated carbocycles. The number of carbonyl (C=O) groups is 1. The van der Waals surface area contributed by atoms with E-state index in [-0.39, 0.29) is 22.0 Å². The second-order valence-electron chi connectivity index (χ2n) is 5.78. The van der Waals surface area contributed by atoms with Crippen LogP contribution in [0.5, 0.6) is 11.5 Å². The summed E-state index contributed by atoms with van der Waals surface area (Å²) in [6, 6.07) is 9.61. The van der Waals surface area contributed by atoms with Crippen LogP contribution in [0.2, 0.25) is 0 Å². The van der Waals surface area contributed by atoms with Crippen molar-refractivity contribution in [1.29, 1.82) is 0 Å². The average molecular weight is 399 g/mol. The molecule has 2 aromatic rings. The van der Waals surface area contributed by atoms with Gasteiger partial charge in [-0.2, -0.15) is 8.78 Å². The third kappa shape index (κ3) is 5.40. The topological polar surface area (TPSA) is 81.7 Å². The SMILES string of the molecule is COc1ccc(C(=O)N[C@H](C)c2ccc(S(C)(=O)=O)cc2)cc1OC(F)F. The van der Waals surface area contributed by atoms with Gasteiger partial charge in [0.2, 0.25) is 0 Å². The van der Waals surface area contributed by atoms with Gasteiger partial charge in [0, 0.05) is 11.8 Å². The lowest BCUT2D eigenvalue weighted by molar-refractivity contribution is -0.0512. The summed E-state index contributed by atoms with van der Waals surface area (Å²) in [6.45, 7) is -1.34. The molecular weight excluding hydrogens is 380 g/mol. The molecule has 146 valence electrons. The number of hydrogen-bond acceptors (Lipinski definition) is 5. The van der Waals surface area contributed by atoms with Gasteiger partial charge in [0.1, 0.15) is 0 Å². The largest absolute Gasteiger partial charge is 0.493 e. The number of nitrogens with one attached hydrogen (secondary N) is 1. The molecule has 0 spiro atoms. The van der Waals surface area contributed by atoms with Crippen LogP contribution >= 0.6 is 0 Å². The highest BCUT2D eigenvalue weighted by molar-refractivity contribution is 7.90. The molecule has 0 fully saturated rings. The highest BCUT2D eigenvalue weighted by Crippen LogP contribution is 2.29. The molecule has 9 heteroatoms. The zero-order chi connectivity index (χ0) is 20.2. The molecule has 0 unspecified atom stereocenters. The Labute approximate surface area is 156 Å². The maximum Gasteiger partial charge on any atom is 0.387 e. The highest BCUT2D eigenvalue weighted by atomic mass is 32.2. The summed E-state index contributed by atoms with van der Waals surface area (Å²) in [4.78, 5) is 12.6. The maximum atomic E-state index is 12.5. The van der Waals surface area contributed by atoms with E-state index in [2.05, 4.69) is 10.1 Å². The van der Waals surface area contributed by atoms with Gasteiger partial charge in [-0.3, -0.25) is 4.79 Å². The molecule has 0 aliphatic heterocycles. The van der Waals surface area contributed by atoms with Crippen molar-refractivity contribution in [2.75, 3.05) is 13.4 Å². The fraction of sp³-hybridized carbons (Fsp3) is 0.278. The van der Waals surface area contributed by atoms with Crippen molar-refractivity contribution < 1.29 is 31.5 Å². The van der Waals surface area contributed by atoms with E-state index < -0.39 is 28.4 Å². The quantitative estimate of drug-likeness (QED) is 0.773. The summed E-state index contributed by atoms with van der Waals surface area (Å²) in [6.07, 6.45) is 1.11. The molecule has 0 aromatic heterocycles. The Morgan fingerprint density at radius 2 is 1.70 bits per heavy atom. The van der Waals surface area contributed by atoms with E-state index >= 15 is 0 Å². The molecule has 0 radical (unpaired) electrons. The van der Waals surface area contributed by atoms with Crippen molar-refractivity contribution in [3.8, 4) is 11.5 Å². The molecular formula is C18H19F2NO5S. The van der Waals surface area contributed by atoms with Gasteiger partial charge in [0.05, 0.1) is 18.0 Å². The van der Waals surface area contributed by atoms with Crippen molar-refractivity contribution in [3.63, 3.8) is 0 Å². The summed E-state index contributed by atoms with van der Waals surface area (Å²) >= 11 is 0. The van der Waals surface area contributed by atoms with E-state index in [4.69, 9.17) is 4.74 Å². The van der Waals surface area contributed by atoms with Crippen molar-refractivity contribution in [3.05, 3.63) is 53.6 Å². The van der Waals surface area contributed by atoms with Crippen molar-refractivity contribution in [2.24, 2.45) is 0 Å². The standard InChI is InChI=1S/C18H19F2NO5S/c1-11(12-4-7-14(8-5-12)27(3,23)24)21-17(22)13-6-9-15(25-2)16(10-13)26-18(19)20/h4-11,18H,1-3H3,(H,21,22)/t11-/m1/s1. The minimum absolute atomic E-state index is 0.0799. The number of alkyl halides is 2. The molecule has 1 atom stereocenters. The van der Waals surface area contributed by atoms with E-state index in [0.717, 1.165) is 6.26 Å². The Hall–Kier alpha value is -2.68. The normalized spacial score (nSPS) is 12.5. The third-order valence-corrected chi connectivity index (χ3v) is 4.93. The first kappa shape index (κ1) is 20.6. The predicted octanol–water partition coefficient (Wildman–Crippen LogP) is 3.19. The molecule has 27 heavy (non-hydrogen) atoms. The fourth-order valence-electron chi connectivity index (χ4n) is 2.37. The molecule has 0 heterocycles. The van der Waals surface area contributed by atoms with Crippen LogP contribution in [0.15, 0.2) is 47.4 Å². The van der Waals surface area contributed by atoms with Crippen LogP contribution in [0.4, 0.5) is 8.78 Å². The van der Waals surface area contributed by atoms with Crippen molar-refractivity contribution in [2.45, 2.75) is 24.5 Å². The zero-order valence-corrected chi connectivity index (χ0v) is 15.7. The molecule has 0 aliphatic rings. The molecule has 0 bridgehead atoms. The first-order valence-corrected chi connectivity index (χ1v) is 9.74. The Morgan fingerprint density at radius 1 is 1.07 bits per heavy atom. The molecule has 2 aromatic carbocycles. The van der Waals surface area contributed by atoms with Crippen LogP contribution in [-0.2, 0) is 9.84 Å². The van der Waals surface area contributed by atoms with Gasteiger partial charge in [-0.1, -0.05) is 12.1 Å². The molecule has 6 nitrogen and oxygen atoms in total. The van der Waals surface area contributed by atoms with E-state index in [1.807, 2.05) is 0 Å². The van der Waals surface area contributed by atoms with Crippen LogP contribution in [0.3, 0.4) is 0 Å². The van der Waals surface area contributed by atoms with E-state index in [9.17, 15) is 22.0 Å². The number of carbonyl (C=O) groups excluding carboxylic acids is 1. The van der Waals surface area contributed by atoms with Crippen LogP contribution in [0.25, 0.3) is 0 Å². The summed E-state index contributed by atoms with van der Waals surface area (Å²) in [5.74, 6) is -0.668. The number of hydrogen-bond donors (Lipinski definition) is 1. The second-order valence-corrected chi connectivity index (χ2v) is 7.80.